The topological polar surface area (TPSA) is 49.3 Å². The van der Waals surface area contributed by atoms with Gasteiger partial charge in [-0.3, -0.25) is 4.90 Å². The molecule has 0 aromatic heterocycles. The Morgan fingerprint density at radius 2 is 2.00 bits per heavy atom. The second-order valence-corrected chi connectivity index (χ2v) is 7.95. The van der Waals surface area contributed by atoms with Gasteiger partial charge in [-0.15, -0.1) is 0 Å². The molecule has 28 heavy (non-hydrogen) atoms. The van der Waals surface area contributed by atoms with Crippen LogP contribution in [0.5, 0.6) is 5.75 Å². The molecule has 0 spiro atoms. The summed E-state index contributed by atoms with van der Waals surface area (Å²) in [4.78, 5) is 9.81. The standard InChI is InChI=1S/C22H36N4O2/c1-4-23-22(24-15-19(3)28-21-7-5-18(2)6-8-21)26-10-9-20(17-26)16-25-11-13-27-14-12-25/h5-8,19-20H,4,9-17H2,1-3H3,(H,23,24). The third-order valence-electron chi connectivity index (χ3n) is 5.40. The Bertz CT molecular complexity index is 613. The number of hydrogen-bond acceptors (Lipinski definition) is 4. The van der Waals surface area contributed by atoms with Crippen molar-refractivity contribution in [1.29, 1.82) is 0 Å². The fraction of sp³-hybridized carbons (Fsp3) is 0.682. The lowest BCUT2D eigenvalue weighted by Gasteiger charge is -2.29. The van der Waals surface area contributed by atoms with Crippen molar-refractivity contribution in [2.45, 2.75) is 33.3 Å². The second-order valence-electron chi connectivity index (χ2n) is 7.95. The lowest BCUT2D eigenvalue weighted by Crippen LogP contribution is -2.42. The van der Waals surface area contributed by atoms with E-state index in [0.717, 1.165) is 57.6 Å². The quantitative estimate of drug-likeness (QED) is 0.574. The van der Waals surface area contributed by atoms with E-state index in [9.17, 15) is 0 Å². The summed E-state index contributed by atoms with van der Waals surface area (Å²) in [6, 6.07) is 8.21. The predicted octanol–water partition coefficient (Wildman–Crippen LogP) is 2.38. The molecule has 2 unspecified atom stereocenters. The minimum atomic E-state index is 0.0445. The molecule has 1 aromatic carbocycles. The number of hydrogen-bond donors (Lipinski definition) is 1. The zero-order valence-electron chi connectivity index (χ0n) is 17.7. The Morgan fingerprint density at radius 3 is 2.71 bits per heavy atom. The zero-order valence-corrected chi connectivity index (χ0v) is 17.7. The zero-order chi connectivity index (χ0) is 19.8. The summed E-state index contributed by atoms with van der Waals surface area (Å²) in [5.41, 5.74) is 1.24. The maximum atomic E-state index is 6.01. The van der Waals surface area contributed by atoms with Crippen molar-refractivity contribution < 1.29 is 9.47 Å². The van der Waals surface area contributed by atoms with Crippen molar-refractivity contribution in [3.63, 3.8) is 0 Å². The number of rotatable bonds is 7. The molecule has 2 fully saturated rings. The molecule has 2 saturated heterocycles. The molecule has 1 N–H and O–H groups in total. The summed E-state index contributed by atoms with van der Waals surface area (Å²) in [6.07, 6.45) is 1.28. The molecule has 1 aromatic rings. The third kappa shape index (κ3) is 6.38. The number of benzene rings is 1. The molecule has 3 rings (SSSR count). The first-order chi connectivity index (χ1) is 13.6. The van der Waals surface area contributed by atoms with Gasteiger partial charge >= 0.3 is 0 Å². The van der Waals surface area contributed by atoms with Crippen LogP contribution in [0.4, 0.5) is 0 Å². The van der Waals surface area contributed by atoms with Gasteiger partial charge in [0.05, 0.1) is 19.8 Å². The fourth-order valence-electron chi connectivity index (χ4n) is 3.85. The minimum absolute atomic E-state index is 0.0445. The normalized spacial score (nSPS) is 22.3. The van der Waals surface area contributed by atoms with Crippen molar-refractivity contribution in [1.82, 2.24) is 15.1 Å². The van der Waals surface area contributed by atoms with E-state index in [4.69, 9.17) is 14.5 Å². The van der Waals surface area contributed by atoms with E-state index >= 15 is 0 Å². The van der Waals surface area contributed by atoms with Crippen LogP contribution in [0.25, 0.3) is 0 Å². The minimum Gasteiger partial charge on any atom is -0.489 e. The van der Waals surface area contributed by atoms with E-state index in [1.165, 1.54) is 18.5 Å². The van der Waals surface area contributed by atoms with Gasteiger partial charge in [-0.1, -0.05) is 17.7 Å². The van der Waals surface area contributed by atoms with Gasteiger partial charge in [-0.2, -0.15) is 0 Å². The van der Waals surface area contributed by atoms with E-state index in [0.29, 0.717) is 12.5 Å². The van der Waals surface area contributed by atoms with Crippen LogP contribution in [-0.2, 0) is 4.74 Å². The van der Waals surface area contributed by atoms with E-state index < -0.39 is 0 Å². The molecule has 6 heteroatoms. The number of aliphatic imine (C=N–C) groups is 1. The summed E-state index contributed by atoms with van der Waals surface area (Å²) < 4.78 is 11.5. The Balaban J connectivity index is 1.49. The molecule has 2 atom stereocenters. The third-order valence-corrected chi connectivity index (χ3v) is 5.40. The average molecular weight is 389 g/mol. The molecule has 0 bridgehead atoms. The van der Waals surface area contributed by atoms with Gasteiger partial charge < -0.3 is 19.7 Å². The molecule has 156 valence electrons. The summed E-state index contributed by atoms with van der Waals surface area (Å²) in [5, 5.41) is 3.46. The fourth-order valence-corrected chi connectivity index (χ4v) is 3.85. The number of guanidine groups is 1. The van der Waals surface area contributed by atoms with Crippen LogP contribution in [0.1, 0.15) is 25.8 Å². The highest BCUT2D eigenvalue weighted by Gasteiger charge is 2.27. The van der Waals surface area contributed by atoms with Crippen LogP contribution < -0.4 is 10.1 Å². The first kappa shape index (κ1) is 20.9. The van der Waals surface area contributed by atoms with Crippen LogP contribution in [0.2, 0.25) is 0 Å². The largest absolute Gasteiger partial charge is 0.489 e. The van der Waals surface area contributed by atoms with Crippen LogP contribution in [-0.4, -0.2) is 80.9 Å². The predicted molar refractivity (Wildman–Crippen MR) is 114 cm³/mol. The number of nitrogens with zero attached hydrogens (tertiary/aromatic N) is 3. The Hall–Kier alpha value is -1.79. The molecule has 0 saturated carbocycles. The summed E-state index contributed by atoms with van der Waals surface area (Å²) in [7, 11) is 0. The lowest BCUT2D eigenvalue weighted by atomic mass is 10.1. The number of likely N-dealkylation sites (tertiary alicyclic amines) is 1. The van der Waals surface area contributed by atoms with Gasteiger partial charge in [0, 0.05) is 39.3 Å². The number of aryl methyl sites for hydroxylation is 1. The van der Waals surface area contributed by atoms with Crippen molar-refractivity contribution in [3.8, 4) is 5.75 Å². The van der Waals surface area contributed by atoms with Gasteiger partial charge in [0.1, 0.15) is 11.9 Å². The van der Waals surface area contributed by atoms with E-state index in [2.05, 4.69) is 48.0 Å². The molecule has 0 radical (unpaired) electrons. The molecular formula is C22H36N4O2. The van der Waals surface area contributed by atoms with Crippen molar-refractivity contribution >= 4 is 5.96 Å². The second kappa shape index (κ2) is 10.7. The highest BCUT2D eigenvalue weighted by molar-refractivity contribution is 5.80. The van der Waals surface area contributed by atoms with Crippen LogP contribution in [0, 0.1) is 12.8 Å². The maximum Gasteiger partial charge on any atom is 0.194 e. The number of morpholine rings is 1. The Morgan fingerprint density at radius 1 is 1.25 bits per heavy atom. The maximum absolute atomic E-state index is 6.01. The Labute approximate surface area is 169 Å². The SMILES string of the molecule is CCNC(=NCC(C)Oc1ccc(C)cc1)N1CCC(CN2CCOCC2)C1. The van der Waals surface area contributed by atoms with Gasteiger partial charge in [0.25, 0.3) is 0 Å². The van der Waals surface area contributed by atoms with Crippen molar-refractivity contribution in [2.24, 2.45) is 10.9 Å². The van der Waals surface area contributed by atoms with E-state index in [1.54, 1.807) is 0 Å². The molecule has 2 aliphatic rings. The highest BCUT2D eigenvalue weighted by atomic mass is 16.5. The van der Waals surface area contributed by atoms with Gasteiger partial charge in [0.15, 0.2) is 5.96 Å². The van der Waals surface area contributed by atoms with Crippen molar-refractivity contribution in [3.05, 3.63) is 29.8 Å². The van der Waals surface area contributed by atoms with Crippen LogP contribution >= 0.6 is 0 Å². The molecular weight excluding hydrogens is 352 g/mol. The summed E-state index contributed by atoms with van der Waals surface area (Å²) in [6.45, 7) is 15.0. The molecule has 0 aliphatic carbocycles. The number of nitrogens with one attached hydrogen (secondary N) is 1. The molecule has 6 nitrogen and oxygen atoms in total. The van der Waals surface area contributed by atoms with Crippen LogP contribution in [0.3, 0.4) is 0 Å². The van der Waals surface area contributed by atoms with Crippen LogP contribution in [0.15, 0.2) is 29.3 Å². The van der Waals surface area contributed by atoms with E-state index in [-0.39, 0.29) is 6.10 Å². The average Bonchev–Trinajstić information content (AvgIpc) is 3.16. The van der Waals surface area contributed by atoms with Gasteiger partial charge in [-0.25, -0.2) is 4.99 Å². The monoisotopic (exact) mass is 388 g/mol. The van der Waals surface area contributed by atoms with Crippen molar-refractivity contribution in [2.75, 3.05) is 59.0 Å². The Kier molecular flexibility index (Phi) is 7.98. The molecule has 2 heterocycles. The number of ether oxygens (including phenoxy) is 2. The summed E-state index contributed by atoms with van der Waals surface area (Å²) in [5.74, 6) is 2.64. The van der Waals surface area contributed by atoms with Gasteiger partial charge in [0.2, 0.25) is 0 Å². The summed E-state index contributed by atoms with van der Waals surface area (Å²) >= 11 is 0. The highest BCUT2D eigenvalue weighted by Crippen LogP contribution is 2.19. The van der Waals surface area contributed by atoms with Gasteiger partial charge in [-0.05, 0) is 45.2 Å². The first-order valence-electron chi connectivity index (χ1n) is 10.7. The molecule has 0 amide bonds. The smallest absolute Gasteiger partial charge is 0.194 e. The lowest BCUT2D eigenvalue weighted by molar-refractivity contribution is 0.0315. The first-order valence-corrected chi connectivity index (χ1v) is 10.7. The van der Waals surface area contributed by atoms with E-state index in [1.807, 2.05) is 12.1 Å². The molecule has 2 aliphatic heterocycles.